The van der Waals surface area contributed by atoms with Crippen molar-refractivity contribution in [2.24, 2.45) is 5.73 Å². The largest absolute Gasteiger partial charge is 0.384 e. The summed E-state index contributed by atoms with van der Waals surface area (Å²) in [7, 11) is 0. The number of nitrogens with zero attached hydrogens (tertiary/aromatic N) is 2. The minimum Gasteiger partial charge on any atom is -0.384 e. The Bertz CT molecular complexity index is 503. The lowest BCUT2D eigenvalue weighted by molar-refractivity contribution is 0.0346. The van der Waals surface area contributed by atoms with Gasteiger partial charge in [-0.05, 0) is 19.4 Å². The highest BCUT2D eigenvalue weighted by Gasteiger charge is 2.23. The fraction of sp³-hybridized carbons (Fsp3) is 0.357. The molecule has 0 radical (unpaired) electrons. The van der Waals surface area contributed by atoms with Crippen LogP contribution >= 0.6 is 0 Å². The molecule has 2 rings (SSSR count). The van der Waals surface area contributed by atoms with Gasteiger partial charge in [-0.25, -0.2) is 0 Å². The lowest BCUT2D eigenvalue weighted by Gasteiger charge is -2.23. The maximum Gasteiger partial charge on any atom is 0.106 e. The molecule has 3 N–H and O–H groups in total. The summed E-state index contributed by atoms with van der Waals surface area (Å²) < 4.78 is 1.73. The van der Waals surface area contributed by atoms with Crippen LogP contribution in [0, 0.1) is 0 Å². The van der Waals surface area contributed by atoms with Gasteiger partial charge in [0.25, 0.3) is 0 Å². The fourth-order valence-electron chi connectivity index (χ4n) is 1.91. The SMILES string of the molecule is CC(N)c1cnn(CC(C)(O)c2ccccc2)c1. The Morgan fingerprint density at radius 2 is 2.06 bits per heavy atom. The Morgan fingerprint density at radius 1 is 1.39 bits per heavy atom. The van der Waals surface area contributed by atoms with E-state index in [1.807, 2.05) is 43.5 Å². The molecule has 0 aliphatic heterocycles. The van der Waals surface area contributed by atoms with Crippen LogP contribution in [-0.2, 0) is 12.1 Å². The Labute approximate surface area is 107 Å². The van der Waals surface area contributed by atoms with Crippen molar-refractivity contribution in [1.82, 2.24) is 9.78 Å². The van der Waals surface area contributed by atoms with E-state index < -0.39 is 5.60 Å². The summed E-state index contributed by atoms with van der Waals surface area (Å²) in [5.74, 6) is 0. The van der Waals surface area contributed by atoms with Crippen LogP contribution in [-0.4, -0.2) is 14.9 Å². The first-order valence-corrected chi connectivity index (χ1v) is 6.05. The van der Waals surface area contributed by atoms with Crippen molar-refractivity contribution in [2.75, 3.05) is 0 Å². The number of benzene rings is 1. The van der Waals surface area contributed by atoms with Crippen LogP contribution in [0.4, 0.5) is 0 Å². The second-order valence-corrected chi connectivity index (χ2v) is 4.90. The predicted molar refractivity (Wildman–Crippen MR) is 70.8 cm³/mol. The molecule has 0 fully saturated rings. The van der Waals surface area contributed by atoms with E-state index in [0.717, 1.165) is 11.1 Å². The van der Waals surface area contributed by atoms with Crippen molar-refractivity contribution < 1.29 is 5.11 Å². The van der Waals surface area contributed by atoms with E-state index in [9.17, 15) is 5.11 Å². The molecule has 0 aliphatic rings. The molecule has 1 heterocycles. The van der Waals surface area contributed by atoms with E-state index in [4.69, 9.17) is 5.73 Å². The molecule has 2 aromatic rings. The highest BCUT2D eigenvalue weighted by Crippen LogP contribution is 2.22. The van der Waals surface area contributed by atoms with E-state index in [2.05, 4.69) is 5.10 Å². The second-order valence-electron chi connectivity index (χ2n) is 4.90. The summed E-state index contributed by atoms with van der Waals surface area (Å²) in [5, 5.41) is 14.7. The summed E-state index contributed by atoms with van der Waals surface area (Å²) in [6.07, 6.45) is 3.62. The van der Waals surface area contributed by atoms with Gasteiger partial charge < -0.3 is 10.8 Å². The average Bonchev–Trinajstić information content (AvgIpc) is 2.78. The number of nitrogens with two attached hydrogens (primary N) is 1. The summed E-state index contributed by atoms with van der Waals surface area (Å²) in [6, 6.07) is 9.55. The minimum atomic E-state index is -0.942. The van der Waals surface area contributed by atoms with Gasteiger partial charge in [0.05, 0.1) is 12.7 Å². The first-order chi connectivity index (χ1) is 8.49. The summed E-state index contributed by atoms with van der Waals surface area (Å²) in [6.45, 7) is 4.11. The molecule has 0 spiro atoms. The van der Waals surface area contributed by atoms with Gasteiger partial charge in [-0.1, -0.05) is 30.3 Å². The molecule has 0 bridgehead atoms. The van der Waals surface area contributed by atoms with E-state index in [0.29, 0.717) is 6.54 Å². The number of hydrogen-bond donors (Lipinski definition) is 2. The maximum absolute atomic E-state index is 10.5. The number of rotatable bonds is 4. The number of aromatic nitrogens is 2. The molecular weight excluding hydrogens is 226 g/mol. The number of hydrogen-bond acceptors (Lipinski definition) is 3. The van der Waals surface area contributed by atoms with E-state index in [1.165, 1.54) is 0 Å². The van der Waals surface area contributed by atoms with E-state index in [1.54, 1.807) is 17.8 Å². The zero-order chi connectivity index (χ0) is 13.2. The van der Waals surface area contributed by atoms with Crippen molar-refractivity contribution in [1.29, 1.82) is 0 Å². The second kappa shape index (κ2) is 4.92. The van der Waals surface area contributed by atoms with Crippen LogP contribution in [0.15, 0.2) is 42.7 Å². The third-order valence-corrected chi connectivity index (χ3v) is 3.04. The molecular formula is C14H19N3O. The van der Waals surface area contributed by atoms with Crippen molar-refractivity contribution in [2.45, 2.75) is 32.0 Å². The standard InChI is InChI=1S/C14H19N3O/c1-11(15)12-8-16-17(9-12)10-14(2,18)13-6-4-3-5-7-13/h3-9,11,18H,10,15H2,1-2H3. The molecule has 4 nitrogen and oxygen atoms in total. The molecule has 0 saturated heterocycles. The normalized spacial score (nSPS) is 16.2. The van der Waals surface area contributed by atoms with Gasteiger partial charge >= 0.3 is 0 Å². The van der Waals surface area contributed by atoms with Gasteiger partial charge in [-0.2, -0.15) is 5.10 Å². The van der Waals surface area contributed by atoms with Gasteiger partial charge in [0.15, 0.2) is 0 Å². The highest BCUT2D eigenvalue weighted by molar-refractivity contribution is 5.21. The smallest absolute Gasteiger partial charge is 0.106 e. The lowest BCUT2D eigenvalue weighted by Crippen LogP contribution is -2.27. The summed E-state index contributed by atoms with van der Waals surface area (Å²) >= 11 is 0. The summed E-state index contributed by atoms with van der Waals surface area (Å²) in [4.78, 5) is 0. The third-order valence-electron chi connectivity index (χ3n) is 3.04. The van der Waals surface area contributed by atoms with Crippen LogP contribution in [0.3, 0.4) is 0 Å². The molecule has 2 unspecified atom stereocenters. The molecule has 1 aromatic heterocycles. The monoisotopic (exact) mass is 245 g/mol. The van der Waals surface area contributed by atoms with Gasteiger partial charge in [0.2, 0.25) is 0 Å². The molecule has 18 heavy (non-hydrogen) atoms. The van der Waals surface area contributed by atoms with E-state index in [-0.39, 0.29) is 6.04 Å². The molecule has 2 atom stereocenters. The summed E-state index contributed by atoms with van der Waals surface area (Å²) in [5.41, 5.74) is 6.69. The van der Waals surface area contributed by atoms with Crippen LogP contribution in [0.5, 0.6) is 0 Å². The molecule has 96 valence electrons. The Hall–Kier alpha value is -1.65. The quantitative estimate of drug-likeness (QED) is 0.863. The zero-order valence-electron chi connectivity index (χ0n) is 10.7. The Kier molecular flexibility index (Phi) is 3.50. The van der Waals surface area contributed by atoms with Crippen LogP contribution < -0.4 is 5.73 Å². The van der Waals surface area contributed by atoms with Gasteiger partial charge in [-0.3, -0.25) is 4.68 Å². The van der Waals surface area contributed by atoms with Crippen molar-refractivity contribution >= 4 is 0 Å². The Morgan fingerprint density at radius 3 is 2.61 bits per heavy atom. The van der Waals surface area contributed by atoms with Crippen molar-refractivity contribution in [3.63, 3.8) is 0 Å². The van der Waals surface area contributed by atoms with Crippen molar-refractivity contribution in [3.05, 3.63) is 53.9 Å². The van der Waals surface area contributed by atoms with Crippen LogP contribution in [0.25, 0.3) is 0 Å². The lowest BCUT2D eigenvalue weighted by atomic mass is 9.96. The van der Waals surface area contributed by atoms with E-state index >= 15 is 0 Å². The topological polar surface area (TPSA) is 64.1 Å². The first-order valence-electron chi connectivity index (χ1n) is 6.05. The molecule has 4 heteroatoms. The zero-order valence-corrected chi connectivity index (χ0v) is 10.7. The van der Waals surface area contributed by atoms with Crippen LogP contribution in [0.1, 0.15) is 31.0 Å². The third kappa shape index (κ3) is 2.78. The molecule has 0 saturated carbocycles. The number of aliphatic hydroxyl groups is 1. The Balaban J connectivity index is 2.17. The molecule has 0 aliphatic carbocycles. The molecule has 1 aromatic carbocycles. The predicted octanol–water partition coefficient (Wildman–Crippen LogP) is 1.81. The van der Waals surface area contributed by atoms with Crippen LogP contribution in [0.2, 0.25) is 0 Å². The fourth-order valence-corrected chi connectivity index (χ4v) is 1.91. The molecule has 0 amide bonds. The first kappa shape index (κ1) is 12.8. The maximum atomic E-state index is 10.5. The average molecular weight is 245 g/mol. The van der Waals surface area contributed by atoms with Crippen molar-refractivity contribution in [3.8, 4) is 0 Å². The highest BCUT2D eigenvalue weighted by atomic mass is 16.3. The van der Waals surface area contributed by atoms with Gasteiger partial charge in [-0.15, -0.1) is 0 Å². The minimum absolute atomic E-state index is 0.0413. The van der Waals surface area contributed by atoms with Gasteiger partial charge in [0.1, 0.15) is 5.60 Å². The van der Waals surface area contributed by atoms with Gasteiger partial charge in [0, 0.05) is 17.8 Å².